The Hall–Kier alpha value is -0.280. The molecular formula is C15H30ClNO2. The summed E-state index contributed by atoms with van der Waals surface area (Å²) in [4.78, 5) is 14.2. The second kappa shape index (κ2) is 10.5. The fourth-order valence-electron chi connectivity index (χ4n) is 1.97. The fourth-order valence-corrected chi connectivity index (χ4v) is 2.08. The van der Waals surface area contributed by atoms with Crippen molar-refractivity contribution in [3.8, 4) is 0 Å². The van der Waals surface area contributed by atoms with Crippen LogP contribution in [0.4, 0.5) is 0 Å². The second-order valence-electron chi connectivity index (χ2n) is 5.80. The van der Waals surface area contributed by atoms with Crippen LogP contribution >= 0.6 is 11.6 Å². The highest BCUT2D eigenvalue weighted by Crippen LogP contribution is 2.21. The number of hydrogen-bond acceptors (Lipinski definition) is 2. The van der Waals surface area contributed by atoms with E-state index in [1.54, 1.807) is 0 Å². The summed E-state index contributed by atoms with van der Waals surface area (Å²) in [7, 11) is 0. The minimum atomic E-state index is -0.513. The number of hydrogen-bond donors (Lipinski definition) is 1. The van der Waals surface area contributed by atoms with Gasteiger partial charge in [0.2, 0.25) is 5.91 Å². The van der Waals surface area contributed by atoms with E-state index in [2.05, 4.69) is 6.92 Å². The third-order valence-corrected chi connectivity index (χ3v) is 3.99. The molecule has 0 aliphatic rings. The van der Waals surface area contributed by atoms with Crippen LogP contribution in [0.5, 0.6) is 0 Å². The Morgan fingerprint density at radius 3 is 2.21 bits per heavy atom. The number of carbonyl (C=O) groups is 1. The molecule has 0 aromatic heterocycles. The smallest absolute Gasteiger partial charge is 0.229 e. The Bertz CT molecular complexity index is 244. The quantitative estimate of drug-likeness (QED) is 0.468. The summed E-state index contributed by atoms with van der Waals surface area (Å²) < 4.78 is 0. The summed E-state index contributed by atoms with van der Waals surface area (Å²) in [5.74, 6) is 0.434. The molecule has 0 rings (SSSR count). The molecule has 0 atom stereocenters. The molecule has 0 bridgehead atoms. The SMILES string of the molecule is CCCCCCCN(CCCO)C(=O)C(C)(C)CCl. The van der Waals surface area contributed by atoms with Gasteiger partial charge in [-0.1, -0.05) is 32.6 Å². The minimum Gasteiger partial charge on any atom is -0.396 e. The van der Waals surface area contributed by atoms with E-state index in [-0.39, 0.29) is 12.5 Å². The van der Waals surface area contributed by atoms with E-state index in [4.69, 9.17) is 16.7 Å². The molecule has 0 radical (unpaired) electrons. The lowest BCUT2D eigenvalue weighted by molar-refractivity contribution is -0.139. The van der Waals surface area contributed by atoms with E-state index in [9.17, 15) is 4.79 Å². The molecule has 4 heteroatoms. The average Bonchev–Trinajstić information content (AvgIpc) is 2.41. The predicted molar refractivity (Wildman–Crippen MR) is 81.5 cm³/mol. The molecule has 0 fully saturated rings. The van der Waals surface area contributed by atoms with E-state index in [0.29, 0.717) is 18.8 Å². The summed E-state index contributed by atoms with van der Waals surface area (Å²) in [6.45, 7) is 7.49. The lowest BCUT2D eigenvalue weighted by Gasteiger charge is -2.30. The number of nitrogens with zero attached hydrogens (tertiary/aromatic N) is 1. The lowest BCUT2D eigenvalue weighted by atomic mass is 9.94. The van der Waals surface area contributed by atoms with Gasteiger partial charge in [-0.25, -0.2) is 0 Å². The lowest BCUT2D eigenvalue weighted by Crippen LogP contribution is -2.43. The van der Waals surface area contributed by atoms with Crippen molar-refractivity contribution in [2.75, 3.05) is 25.6 Å². The maximum absolute atomic E-state index is 12.4. The molecule has 1 amide bonds. The molecule has 0 aliphatic carbocycles. The molecule has 0 aliphatic heterocycles. The zero-order chi connectivity index (χ0) is 14.7. The van der Waals surface area contributed by atoms with Gasteiger partial charge in [0.25, 0.3) is 0 Å². The Balaban J connectivity index is 4.25. The Morgan fingerprint density at radius 2 is 1.68 bits per heavy atom. The molecular weight excluding hydrogens is 262 g/mol. The summed E-state index contributed by atoms with van der Waals surface area (Å²) >= 11 is 5.87. The van der Waals surface area contributed by atoms with Gasteiger partial charge in [-0.3, -0.25) is 4.79 Å². The number of aliphatic hydroxyl groups excluding tert-OH is 1. The maximum Gasteiger partial charge on any atom is 0.229 e. The molecule has 19 heavy (non-hydrogen) atoms. The standard InChI is InChI=1S/C15H30ClNO2/c1-4-5-6-7-8-10-17(11-9-12-18)14(19)15(2,3)13-16/h18H,4-13H2,1-3H3. The molecule has 0 unspecified atom stereocenters. The van der Waals surface area contributed by atoms with Crippen molar-refractivity contribution in [2.45, 2.75) is 59.3 Å². The van der Waals surface area contributed by atoms with Gasteiger partial charge in [0.05, 0.1) is 5.41 Å². The van der Waals surface area contributed by atoms with Crippen molar-refractivity contribution in [2.24, 2.45) is 5.41 Å². The summed E-state index contributed by atoms with van der Waals surface area (Å²) in [5, 5.41) is 8.93. The van der Waals surface area contributed by atoms with Gasteiger partial charge in [0, 0.05) is 25.6 Å². The first-order valence-corrected chi connectivity index (χ1v) is 7.99. The van der Waals surface area contributed by atoms with E-state index >= 15 is 0 Å². The topological polar surface area (TPSA) is 40.5 Å². The monoisotopic (exact) mass is 291 g/mol. The summed E-state index contributed by atoms with van der Waals surface area (Å²) in [5.41, 5.74) is -0.513. The molecule has 0 spiro atoms. The van der Waals surface area contributed by atoms with Gasteiger partial charge in [-0.05, 0) is 26.7 Å². The Kier molecular flexibility index (Phi) is 10.3. The first-order chi connectivity index (χ1) is 8.99. The summed E-state index contributed by atoms with van der Waals surface area (Å²) in [6.07, 6.45) is 6.56. The highest BCUT2D eigenvalue weighted by Gasteiger charge is 2.30. The van der Waals surface area contributed by atoms with Crippen LogP contribution in [0.2, 0.25) is 0 Å². The van der Waals surface area contributed by atoms with Gasteiger partial charge >= 0.3 is 0 Å². The van der Waals surface area contributed by atoms with Crippen LogP contribution in [0.1, 0.15) is 59.3 Å². The van der Waals surface area contributed by atoms with Gasteiger partial charge in [0.1, 0.15) is 0 Å². The highest BCUT2D eigenvalue weighted by atomic mass is 35.5. The van der Waals surface area contributed by atoms with Crippen LogP contribution in [0.15, 0.2) is 0 Å². The minimum absolute atomic E-state index is 0.103. The maximum atomic E-state index is 12.4. The van der Waals surface area contributed by atoms with Gasteiger partial charge in [-0.15, -0.1) is 11.6 Å². The number of unbranched alkanes of at least 4 members (excludes halogenated alkanes) is 4. The molecule has 114 valence electrons. The number of amides is 1. The van der Waals surface area contributed by atoms with Crippen molar-refractivity contribution < 1.29 is 9.90 Å². The Morgan fingerprint density at radius 1 is 1.11 bits per heavy atom. The van der Waals surface area contributed by atoms with Crippen LogP contribution in [-0.2, 0) is 4.79 Å². The normalized spacial score (nSPS) is 11.6. The summed E-state index contributed by atoms with van der Waals surface area (Å²) in [6, 6.07) is 0. The molecule has 1 N–H and O–H groups in total. The number of rotatable bonds is 11. The van der Waals surface area contributed by atoms with E-state index in [0.717, 1.165) is 19.4 Å². The third-order valence-electron chi connectivity index (χ3n) is 3.32. The number of aliphatic hydroxyl groups is 1. The predicted octanol–water partition coefficient (Wildman–Crippen LogP) is 3.43. The molecule has 3 nitrogen and oxygen atoms in total. The molecule has 0 aromatic rings. The second-order valence-corrected chi connectivity index (χ2v) is 6.07. The number of alkyl halides is 1. The molecule has 0 aromatic carbocycles. The van der Waals surface area contributed by atoms with Crippen LogP contribution in [0.3, 0.4) is 0 Å². The van der Waals surface area contributed by atoms with Crippen LogP contribution in [0, 0.1) is 5.41 Å². The van der Waals surface area contributed by atoms with Crippen molar-refractivity contribution in [3.63, 3.8) is 0 Å². The largest absolute Gasteiger partial charge is 0.396 e. The van der Waals surface area contributed by atoms with Gasteiger partial charge in [-0.2, -0.15) is 0 Å². The fraction of sp³-hybridized carbons (Fsp3) is 0.933. The molecule has 0 saturated carbocycles. The van der Waals surface area contributed by atoms with Crippen molar-refractivity contribution in [3.05, 3.63) is 0 Å². The molecule has 0 saturated heterocycles. The van der Waals surface area contributed by atoms with Crippen LogP contribution < -0.4 is 0 Å². The van der Waals surface area contributed by atoms with E-state index in [1.807, 2.05) is 18.7 Å². The highest BCUT2D eigenvalue weighted by molar-refractivity contribution is 6.19. The van der Waals surface area contributed by atoms with Crippen LogP contribution in [-0.4, -0.2) is 41.5 Å². The van der Waals surface area contributed by atoms with Gasteiger partial charge < -0.3 is 10.0 Å². The van der Waals surface area contributed by atoms with Crippen LogP contribution in [0.25, 0.3) is 0 Å². The first-order valence-electron chi connectivity index (χ1n) is 7.45. The zero-order valence-corrected chi connectivity index (χ0v) is 13.5. The number of carbonyl (C=O) groups excluding carboxylic acids is 1. The first kappa shape index (κ1) is 18.7. The molecule has 0 heterocycles. The van der Waals surface area contributed by atoms with E-state index < -0.39 is 5.41 Å². The van der Waals surface area contributed by atoms with E-state index in [1.165, 1.54) is 19.3 Å². The van der Waals surface area contributed by atoms with Crippen molar-refractivity contribution in [1.82, 2.24) is 4.90 Å². The third kappa shape index (κ3) is 7.78. The Labute approximate surface area is 123 Å². The van der Waals surface area contributed by atoms with Gasteiger partial charge in [0.15, 0.2) is 0 Å². The average molecular weight is 292 g/mol. The van der Waals surface area contributed by atoms with Crippen molar-refractivity contribution in [1.29, 1.82) is 0 Å². The van der Waals surface area contributed by atoms with Crippen molar-refractivity contribution >= 4 is 17.5 Å². The zero-order valence-electron chi connectivity index (χ0n) is 12.8. The number of halogens is 1.